The largest absolute Gasteiger partial charge is 0.399 e. The van der Waals surface area contributed by atoms with E-state index in [1.165, 1.54) is 44.5 Å². The second kappa shape index (κ2) is 4.79. The molecule has 2 N–H and O–H groups in total. The quantitative estimate of drug-likeness (QED) is 0.508. The Morgan fingerprint density at radius 1 is 0.808 bits per heavy atom. The molecule has 0 radical (unpaired) electrons. The average Bonchev–Trinajstić information content (AvgIpc) is 2.98. The third kappa shape index (κ3) is 1.76. The summed E-state index contributed by atoms with van der Waals surface area (Å²) in [6.45, 7) is 9.28. The van der Waals surface area contributed by atoms with Gasteiger partial charge in [-0.05, 0) is 76.8 Å². The van der Waals surface area contributed by atoms with Crippen LogP contribution in [-0.4, -0.2) is 0 Å². The van der Waals surface area contributed by atoms with E-state index in [0.717, 1.165) is 12.1 Å². The summed E-state index contributed by atoms with van der Waals surface area (Å²) in [6.07, 6.45) is 1.09. The van der Waals surface area contributed by atoms with E-state index >= 15 is 0 Å². The third-order valence-electron chi connectivity index (χ3n) is 6.52. The summed E-state index contributed by atoms with van der Waals surface area (Å²) in [5.74, 6) is 0. The molecule has 26 heavy (non-hydrogen) atoms. The van der Waals surface area contributed by atoms with Crippen LogP contribution in [0.15, 0.2) is 54.6 Å². The standard InChI is InChI=1S/C25H25N/c1-15-11-16(2)23-22(12-15)24(3,4)14-25(23)20-8-6-5-7-18(20)19-10-9-17(26)13-21(19)25/h5-13H,14,26H2,1-4H3. The van der Waals surface area contributed by atoms with Crippen LogP contribution in [0.3, 0.4) is 0 Å². The highest BCUT2D eigenvalue weighted by Gasteiger charge is 2.54. The molecule has 1 unspecified atom stereocenters. The average molecular weight is 339 g/mol. The summed E-state index contributed by atoms with van der Waals surface area (Å²) >= 11 is 0. The minimum absolute atomic E-state index is 0.0854. The Morgan fingerprint density at radius 3 is 2.35 bits per heavy atom. The molecule has 0 fully saturated rings. The summed E-state index contributed by atoms with van der Waals surface area (Å²) in [5.41, 5.74) is 18.5. The fourth-order valence-electron chi connectivity index (χ4n) is 5.76. The number of fused-ring (bicyclic) bond motifs is 7. The lowest BCUT2D eigenvalue weighted by Crippen LogP contribution is -2.27. The van der Waals surface area contributed by atoms with Crippen LogP contribution in [0.1, 0.15) is 53.6 Å². The number of hydrogen-bond acceptors (Lipinski definition) is 1. The fraction of sp³-hybridized carbons (Fsp3) is 0.280. The highest BCUT2D eigenvalue weighted by atomic mass is 14.6. The van der Waals surface area contributed by atoms with Gasteiger partial charge in [-0.1, -0.05) is 61.9 Å². The van der Waals surface area contributed by atoms with Gasteiger partial charge in [-0.2, -0.15) is 0 Å². The highest BCUT2D eigenvalue weighted by molar-refractivity contribution is 5.86. The van der Waals surface area contributed by atoms with Crippen molar-refractivity contribution in [3.05, 3.63) is 88.0 Å². The van der Waals surface area contributed by atoms with E-state index in [1.807, 2.05) is 6.07 Å². The van der Waals surface area contributed by atoms with Gasteiger partial charge in [0.15, 0.2) is 0 Å². The first-order chi connectivity index (χ1) is 12.3. The van der Waals surface area contributed by atoms with Crippen molar-refractivity contribution < 1.29 is 0 Å². The molecule has 2 aliphatic carbocycles. The molecule has 1 spiro atoms. The van der Waals surface area contributed by atoms with Crippen molar-refractivity contribution >= 4 is 5.69 Å². The van der Waals surface area contributed by atoms with Crippen molar-refractivity contribution in [1.82, 2.24) is 0 Å². The van der Waals surface area contributed by atoms with E-state index < -0.39 is 0 Å². The SMILES string of the molecule is Cc1cc(C)c2c(c1)C(C)(C)CC21c2ccccc2-c2ccc(N)cc21. The zero-order valence-corrected chi connectivity index (χ0v) is 16.0. The van der Waals surface area contributed by atoms with Gasteiger partial charge in [-0.25, -0.2) is 0 Å². The van der Waals surface area contributed by atoms with Crippen LogP contribution < -0.4 is 5.73 Å². The maximum Gasteiger partial charge on any atom is 0.0478 e. The second-order valence-corrected chi connectivity index (χ2v) is 8.82. The molecule has 1 heteroatoms. The molecular formula is C25H25N. The second-order valence-electron chi connectivity index (χ2n) is 8.82. The maximum atomic E-state index is 6.27. The molecule has 1 atom stereocenters. The summed E-state index contributed by atoms with van der Waals surface area (Å²) in [4.78, 5) is 0. The molecule has 3 aromatic rings. The molecule has 130 valence electrons. The van der Waals surface area contributed by atoms with Crippen molar-refractivity contribution in [2.75, 3.05) is 5.73 Å². The number of nitrogens with two attached hydrogens (primary N) is 1. The summed E-state index contributed by atoms with van der Waals surface area (Å²) in [7, 11) is 0. The van der Waals surface area contributed by atoms with Gasteiger partial charge in [-0.3, -0.25) is 0 Å². The summed E-state index contributed by atoms with van der Waals surface area (Å²) in [5, 5.41) is 0. The van der Waals surface area contributed by atoms with E-state index in [9.17, 15) is 0 Å². The van der Waals surface area contributed by atoms with E-state index in [-0.39, 0.29) is 10.8 Å². The number of aryl methyl sites for hydroxylation is 2. The third-order valence-corrected chi connectivity index (χ3v) is 6.52. The molecule has 5 rings (SSSR count). The highest BCUT2D eigenvalue weighted by Crippen LogP contribution is 2.63. The van der Waals surface area contributed by atoms with Crippen molar-refractivity contribution in [1.29, 1.82) is 0 Å². The normalized spacial score (nSPS) is 21.5. The summed E-state index contributed by atoms with van der Waals surface area (Å²) < 4.78 is 0. The van der Waals surface area contributed by atoms with Crippen molar-refractivity contribution in [3.63, 3.8) is 0 Å². The molecule has 0 saturated carbocycles. The van der Waals surface area contributed by atoms with Crippen molar-refractivity contribution in [3.8, 4) is 11.1 Å². The van der Waals surface area contributed by atoms with E-state index in [0.29, 0.717) is 0 Å². The number of anilines is 1. The molecule has 0 heterocycles. The fourth-order valence-corrected chi connectivity index (χ4v) is 5.76. The first kappa shape index (κ1) is 15.7. The molecule has 0 saturated heterocycles. The first-order valence-corrected chi connectivity index (χ1v) is 9.47. The Labute approximate surface area is 155 Å². The van der Waals surface area contributed by atoms with Gasteiger partial charge in [0.05, 0.1) is 0 Å². The predicted molar refractivity (Wildman–Crippen MR) is 110 cm³/mol. The number of rotatable bonds is 0. The van der Waals surface area contributed by atoms with Crippen LogP contribution >= 0.6 is 0 Å². The predicted octanol–water partition coefficient (Wildman–Crippen LogP) is 5.88. The van der Waals surface area contributed by atoms with Crippen molar-refractivity contribution in [2.45, 2.75) is 44.9 Å². The maximum absolute atomic E-state index is 6.27. The Bertz CT molecular complexity index is 1070. The summed E-state index contributed by atoms with van der Waals surface area (Å²) in [6, 6.07) is 20.2. The molecule has 0 amide bonds. The Balaban J connectivity index is 1.97. The molecule has 0 aliphatic heterocycles. The van der Waals surface area contributed by atoms with Crippen molar-refractivity contribution in [2.24, 2.45) is 0 Å². The molecule has 0 aromatic heterocycles. The lowest BCUT2D eigenvalue weighted by Gasteiger charge is -2.31. The zero-order chi connectivity index (χ0) is 18.3. The molecule has 1 nitrogen and oxygen atoms in total. The smallest absolute Gasteiger partial charge is 0.0478 e. The van der Waals surface area contributed by atoms with Crippen LogP contribution in [0, 0.1) is 13.8 Å². The van der Waals surface area contributed by atoms with Gasteiger partial charge < -0.3 is 5.73 Å². The molecule has 2 aliphatic rings. The molecule has 0 bridgehead atoms. The number of benzene rings is 3. The monoisotopic (exact) mass is 339 g/mol. The van der Waals surface area contributed by atoms with Crippen LogP contribution in [0.25, 0.3) is 11.1 Å². The van der Waals surface area contributed by atoms with E-state index in [1.54, 1.807) is 0 Å². The molecular weight excluding hydrogens is 314 g/mol. The van der Waals surface area contributed by atoms with Gasteiger partial charge in [0.1, 0.15) is 0 Å². The minimum Gasteiger partial charge on any atom is -0.399 e. The van der Waals surface area contributed by atoms with Gasteiger partial charge in [0, 0.05) is 11.1 Å². The van der Waals surface area contributed by atoms with Gasteiger partial charge in [0.25, 0.3) is 0 Å². The Morgan fingerprint density at radius 2 is 1.54 bits per heavy atom. The number of nitrogen functional groups attached to an aromatic ring is 1. The Hall–Kier alpha value is -2.54. The number of hydrogen-bond donors (Lipinski definition) is 1. The lowest BCUT2D eigenvalue weighted by molar-refractivity contribution is 0.449. The van der Waals surface area contributed by atoms with Gasteiger partial charge >= 0.3 is 0 Å². The van der Waals surface area contributed by atoms with Crippen LogP contribution in [0.4, 0.5) is 5.69 Å². The lowest BCUT2D eigenvalue weighted by atomic mass is 9.70. The first-order valence-electron chi connectivity index (χ1n) is 9.47. The zero-order valence-electron chi connectivity index (χ0n) is 16.0. The van der Waals surface area contributed by atoms with E-state index in [2.05, 4.69) is 76.2 Å². The van der Waals surface area contributed by atoms with Gasteiger partial charge in [-0.15, -0.1) is 0 Å². The van der Waals surface area contributed by atoms with Crippen LogP contribution in [0.2, 0.25) is 0 Å². The van der Waals surface area contributed by atoms with E-state index in [4.69, 9.17) is 5.73 Å². The molecule has 3 aromatic carbocycles. The topological polar surface area (TPSA) is 26.0 Å². The van der Waals surface area contributed by atoms with Gasteiger partial charge in [0.2, 0.25) is 0 Å². The Kier molecular flexibility index (Phi) is 2.89. The van der Waals surface area contributed by atoms with Crippen LogP contribution in [0.5, 0.6) is 0 Å². The minimum atomic E-state index is -0.0854. The van der Waals surface area contributed by atoms with Crippen LogP contribution in [-0.2, 0) is 10.8 Å².